The Labute approximate surface area is 142 Å². The van der Waals surface area contributed by atoms with Crippen LogP contribution in [0.25, 0.3) is 0 Å². The predicted octanol–water partition coefficient (Wildman–Crippen LogP) is 1.30. The number of thioether (sulfide) groups is 1. The molecule has 2 aliphatic heterocycles. The lowest BCUT2D eigenvalue weighted by Crippen LogP contribution is -2.47. The van der Waals surface area contributed by atoms with Crippen LogP contribution in [0.5, 0.6) is 0 Å². The minimum atomic E-state index is 0.305. The molecule has 0 N–H and O–H groups in total. The molecule has 1 unspecified atom stereocenters. The number of carbonyl (C=O) groups is 1. The van der Waals surface area contributed by atoms with Crippen LogP contribution in [0.1, 0.15) is 19.8 Å². The zero-order valence-corrected chi connectivity index (χ0v) is 14.5. The van der Waals surface area contributed by atoms with E-state index in [1.165, 1.54) is 0 Å². The van der Waals surface area contributed by atoms with Crippen LogP contribution in [0.4, 0.5) is 5.95 Å². The number of amides is 1. The molecule has 0 aromatic carbocycles. The average Bonchev–Trinajstić information content (AvgIpc) is 2.92. The molecular formula is C16H25N5OS. The molecule has 7 heteroatoms. The van der Waals surface area contributed by atoms with Gasteiger partial charge in [0.2, 0.25) is 11.9 Å². The Hall–Kier alpha value is -1.34. The zero-order valence-electron chi connectivity index (χ0n) is 13.7. The Morgan fingerprint density at radius 1 is 1.13 bits per heavy atom. The van der Waals surface area contributed by atoms with Crippen molar-refractivity contribution in [3.8, 4) is 0 Å². The molecule has 1 aromatic heterocycles. The maximum Gasteiger partial charge on any atom is 0.233 e. The molecule has 0 radical (unpaired) electrons. The van der Waals surface area contributed by atoms with Crippen LogP contribution < -0.4 is 4.90 Å². The molecule has 126 valence electrons. The largest absolute Gasteiger partial charge is 0.338 e. The predicted molar refractivity (Wildman–Crippen MR) is 93.6 cm³/mol. The molecule has 0 aliphatic carbocycles. The van der Waals surface area contributed by atoms with Crippen LogP contribution in [-0.4, -0.2) is 76.1 Å². The minimum Gasteiger partial charge on any atom is -0.338 e. The maximum atomic E-state index is 11.7. The monoisotopic (exact) mass is 335 g/mol. The average molecular weight is 335 g/mol. The highest BCUT2D eigenvalue weighted by molar-refractivity contribution is 8.00. The summed E-state index contributed by atoms with van der Waals surface area (Å²) in [5, 5.41) is 0.358. The molecule has 23 heavy (non-hydrogen) atoms. The van der Waals surface area contributed by atoms with Crippen LogP contribution in [0.3, 0.4) is 0 Å². The van der Waals surface area contributed by atoms with Crippen LogP contribution >= 0.6 is 11.8 Å². The van der Waals surface area contributed by atoms with Gasteiger partial charge in [-0.1, -0.05) is 0 Å². The number of anilines is 1. The first-order chi connectivity index (χ1) is 11.2. The van der Waals surface area contributed by atoms with Gasteiger partial charge in [0.05, 0.1) is 11.1 Å². The van der Waals surface area contributed by atoms with E-state index in [0.717, 1.165) is 58.1 Å². The van der Waals surface area contributed by atoms with Crippen LogP contribution in [0.2, 0.25) is 0 Å². The number of hydrogen-bond acceptors (Lipinski definition) is 6. The second-order valence-corrected chi connectivity index (χ2v) is 7.39. The number of rotatable bonds is 6. The van der Waals surface area contributed by atoms with Crippen molar-refractivity contribution in [2.45, 2.75) is 25.1 Å². The molecule has 2 aliphatic rings. The molecular weight excluding hydrogens is 310 g/mol. The van der Waals surface area contributed by atoms with Crippen molar-refractivity contribution in [2.24, 2.45) is 0 Å². The number of aromatic nitrogens is 2. The van der Waals surface area contributed by atoms with Crippen molar-refractivity contribution in [2.75, 3.05) is 49.9 Å². The molecule has 0 bridgehead atoms. The highest BCUT2D eigenvalue weighted by atomic mass is 32.2. The summed E-state index contributed by atoms with van der Waals surface area (Å²) < 4.78 is 0. The van der Waals surface area contributed by atoms with Gasteiger partial charge in [-0.3, -0.25) is 9.69 Å². The summed E-state index contributed by atoms with van der Waals surface area (Å²) in [5.41, 5.74) is 0. The summed E-state index contributed by atoms with van der Waals surface area (Å²) in [6, 6.07) is 1.85. The van der Waals surface area contributed by atoms with Crippen LogP contribution in [0.15, 0.2) is 18.5 Å². The van der Waals surface area contributed by atoms with Gasteiger partial charge in [0.15, 0.2) is 0 Å². The fourth-order valence-electron chi connectivity index (χ4n) is 3.12. The van der Waals surface area contributed by atoms with E-state index in [1.807, 2.05) is 11.0 Å². The van der Waals surface area contributed by atoms with E-state index < -0.39 is 0 Å². The molecule has 2 saturated heterocycles. The van der Waals surface area contributed by atoms with Gasteiger partial charge in [-0.2, -0.15) is 0 Å². The standard InChI is InChI=1S/C16H25N5OS/c1-14-21(15(22)13-23-14)8-3-2-7-19-9-11-20(12-10-19)16-17-5-4-6-18-16/h4-6,14H,2-3,7-13H2,1H3. The molecule has 6 nitrogen and oxygen atoms in total. The third-order valence-corrected chi connectivity index (χ3v) is 5.69. The number of piperazine rings is 1. The normalized spacial score (nSPS) is 22.8. The van der Waals surface area contributed by atoms with Crippen molar-refractivity contribution in [3.63, 3.8) is 0 Å². The van der Waals surface area contributed by atoms with E-state index in [9.17, 15) is 4.79 Å². The van der Waals surface area contributed by atoms with Crippen LogP contribution in [0, 0.1) is 0 Å². The molecule has 2 fully saturated rings. The Balaban J connectivity index is 1.33. The molecule has 3 heterocycles. The first-order valence-electron chi connectivity index (χ1n) is 8.39. The smallest absolute Gasteiger partial charge is 0.233 e. The summed E-state index contributed by atoms with van der Waals surface area (Å²) in [6.07, 6.45) is 5.85. The highest BCUT2D eigenvalue weighted by Crippen LogP contribution is 2.24. The summed E-state index contributed by atoms with van der Waals surface area (Å²) in [6.45, 7) is 8.25. The lowest BCUT2D eigenvalue weighted by molar-refractivity contribution is -0.127. The van der Waals surface area contributed by atoms with E-state index in [-0.39, 0.29) is 0 Å². The Bertz CT molecular complexity index is 506. The van der Waals surface area contributed by atoms with Gasteiger partial charge in [-0.15, -0.1) is 11.8 Å². The molecule has 1 amide bonds. The maximum absolute atomic E-state index is 11.7. The third kappa shape index (κ3) is 4.35. The second-order valence-electron chi connectivity index (χ2n) is 6.08. The summed E-state index contributed by atoms with van der Waals surface area (Å²) in [7, 11) is 0. The summed E-state index contributed by atoms with van der Waals surface area (Å²) >= 11 is 1.75. The molecule has 1 atom stereocenters. The lowest BCUT2D eigenvalue weighted by Gasteiger charge is -2.34. The first kappa shape index (κ1) is 16.5. The van der Waals surface area contributed by atoms with Gasteiger partial charge in [0, 0.05) is 45.1 Å². The number of nitrogens with zero attached hydrogens (tertiary/aromatic N) is 5. The Kier molecular flexibility index (Phi) is 5.72. The second kappa shape index (κ2) is 7.97. The number of carbonyl (C=O) groups excluding carboxylic acids is 1. The fourth-order valence-corrected chi connectivity index (χ4v) is 4.07. The van der Waals surface area contributed by atoms with E-state index >= 15 is 0 Å². The summed E-state index contributed by atoms with van der Waals surface area (Å²) in [5.74, 6) is 1.80. The van der Waals surface area contributed by atoms with E-state index in [2.05, 4.69) is 26.7 Å². The van der Waals surface area contributed by atoms with Gasteiger partial charge in [-0.05, 0) is 32.4 Å². The van der Waals surface area contributed by atoms with Crippen molar-refractivity contribution < 1.29 is 4.79 Å². The molecule has 1 aromatic rings. The van der Waals surface area contributed by atoms with E-state index in [1.54, 1.807) is 24.2 Å². The van der Waals surface area contributed by atoms with E-state index in [4.69, 9.17) is 0 Å². The van der Waals surface area contributed by atoms with Gasteiger partial charge >= 0.3 is 0 Å². The number of unbranched alkanes of at least 4 members (excludes halogenated alkanes) is 1. The van der Waals surface area contributed by atoms with Gasteiger partial charge in [0.1, 0.15) is 0 Å². The van der Waals surface area contributed by atoms with Crippen LogP contribution in [-0.2, 0) is 4.79 Å². The Morgan fingerprint density at radius 2 is 1.83 bits per heavy atom. The zero-order chi connectivity index (χ0) is 16.1. The highest BCUT2D eigenvalue weighted by Gasteiger charge is 2.27. The van der Waals surface area contributed by atoms with Crippen molar-refractivity contribution in [3.05, 3.63) is 18.5 Å². The fraction of sp³-hybridized carbons (Fsp3) is 0.688. The van der Waals surface area contributed by atoms with Crippen molar-refractivity contribution in [1.29, 1.82) is 0 Å². The lowest BCUT2D eigenvalue weighted by atomic mass is 10.2. The SMILES string of the molecule is CC1SCC(=O)N1CCCCN1CCN(c2ncccn2)CC1. The quantitative estimate of drug-likeness (QED) is 0.731. The van der Waals surface area contributed by atoms with Crippen molar-refractivity contribution in [1.82, 2.24) is 19.8 Å². The molecule has 0 saturated carbocycles. The van der Waals surface area contributed by atoms with Gasteiger partial charge < -0.3 is 9.80 Å². The van der Waals surface area contributed by atoms with E-state index in [0.29, 0.717) is 17.0 Å². The third-order valence-electron chi connectivity index (χ3n) is 4.54. The number of hydrogen-bond donors (Lipinski definition) is 0. The molecule has 3 rings (SSSR count). The van der Waals surface area contributed by atoms with Gasteiger partial charge in [0.25, 0.3) is 0 Å². The molecule has 0 spiro atoms. The van der Waals surface area contributed by atoms with Crippen molar-refractivity contribution >= 4 is 23.6 Å². The topological polar surface area (TPSA) is 52.6 Å². The minimum absolute atomic E-state index is 0.305. The first-order valence-corrected chi connectivity index (χ1v) is 9.44. The van der Waals surface area contributed by atoms with Gasteiger partial charge in [-0.25, -0.2) is 9.97 Å². The Morgan fingerprint density at radius 3 is 2.48 bits per heavy atom. The summed E-state index contributed by atoms with van der Waals surface area (Å²) in [4.78, 5) is 27.1.